The number of carbonyl (C=O) groups is 1. The van der Waals surface area contributed by atoms with Crippen molar-refractivity contribution in [2.75, 3.05) is 6.54 Å². The number of rotatable bonds is 2. The first-order valence-electron chi connectivity index (χ1n) is 7.32. The summed E-state index contributed by atoms with van der Waals surface area (Å²) in [5.41, 5.74) is 7.47. The molecule has 3 rings (SSSR count). The molecule has 1 aromatic heterocycles. The molecule has 0 bridgehead atoms. The number of imidazole rings is 1. The van der Waals surface area contributed by atoms with E-state index in [9.17, 15) is 9.90 Å². The summed E-state index contributed by atoms with van der Waals surface area (Å²) >= 11 is 0. The average molecular weight is 278 g/mol. The maximum absolute atomic E-state index is 11.4. The predicted octanol–water partition coefficient (Wildman–Crippen LogP) is 0.181. The second-order valence-electron chi connectivity index (χ2n) is 5.93. The summed E-state index contributed by atoms with van der Waals surface area (Å²) < 4.78 is 1.83. The molecule has 1 aliphatic heterocycles. The maximum Gasteiger partial charge on any atom is 0.284 e. The molecular weight excluding hydrogens is 256 g/mol. The molecule has 1 amide bonds. The van der Waals surface area contributed by atoms with Gasteiger partial charge in [0.2, 0.25) is 0 Å². The van der Waals surface area contributed by atoms with Crippen LogP contribution >= 0.6 is 0 Å². The first-order valence-corrected chi connectivity index (χ1v) is 7.32. The third kappa shape index (κ3) is 2.33. The van der Waals surface area contributed by atoms with Crippen molar-refractivity contribution in [1.82, 2.24) is 14.5 Å². The molecule has 6 heteroatoms. The summed E-state index contributed by atoms with van der Waals surface area (Å²) in [6, 6.07) is 0.533. The summed E-state index contributed by atoms with van der Waals surface area (Å²) in [5, 5.41) is 9.60. The third-order valence-electron chi connectivity index (χ3n) is 4.69. The second-order valence-corrected chi connectivity index (χ2v) is 5.93. The van der Waals surface area contributed by atoms with Crippen LogP contribution in [0.5, 0.6) is 0 Å². The molecule has 1 aliphatic carbocycles. The van der Waals surface area contributed by atoms with E-state index in [0.29, 0.717) is 11.9 Å². The summed E-state index contributed by atoms with van der Waals surface area (Å²) in [6.45, 7) is 1.78. The Labute approximate surface area is 118 Å². The summed E-state index contributed by atoms with van der Waals surface area (Å²) in [5.74, 6) is -0.106. The second kappa shape index (κ2) is 5.18. The van der Waals surface area contributed by atoms with Gasteiger partial charge in [0.05, 0.1) is 11.8 Å². The molecular formula is C14H22N4O2. The highest BCUT2D eigenvalue weighted by molar-refractivity contribution is 5.89. The van der Waals surface area contributed by atoms with Crippen molar-refractivity contribution < 1.29 is 9.90 Å². The van der Waals surface area contributed by atoms with Gasteiger partial charge >= 0.3 is 0 Å². The Balaban J connectivity index is 1.75. The maximum atomic E-state index is 11.4. The van der Waals surface area contributed by atoms with Crippen LogP contribution in [0.25, 0.3) is 0 Å². The van der Waals surface area contributed by atoms with Crippen LogP contribution in [0.3, 0.4) is 0 Å². The Hall–Kier alpha value is -1.40. The lowest BCUT2D eigenvalue weighted by Crippen LogP contribution is -2.42. The number of amides is 1. The molecule has 20 heavy (non-hydrogen) atoms. The highest BCUT2D eigenvalue weighted by Crippen LogP contribution is 2.28. The van der Waals surface area contributed by atoms with Crippen LogP contribution in [0, 0.1) is 0 Å². The van der Waals surface area contributed by atoms with Gasteiger partial charge in [-0.2, -0.15) is 0 Å². The number of aromatic nitrogens is 2. The fraction of sp³-hybridized carbons (Fsp3) is 0.714. The smallest absolute Gasteiger partial charge is 0.284 e. The number of primary amides is 1. The number of nitrogens with two attached hydrogens (primary N) is 1. The van der Waals surface area contributed by atoms with E-state index in [-0.39, 0.29) is 6.10 Å². The Kier molecular flexibility index (Phi) is 3.52. The number of hydrogen-bond donors (Lipinski definition) is 2. The number of aliphatic hydroxyl groups excluding tert-OH is 1. The van der Waals surface area contributed by atoms with Crippen LogP contribution in [0.1, 0.15) is 47.7 Å². The Morgan fingerprint density at radius 2 is 2.05 bits per heavy atom. The summed E-state index contributed by atoms with van der Waals surface area (Å²) in [6.07, 6.45) is 4.66. The molecule has 0 radical (unpaired) electrons. The van der Waals surface area contributed by atoms with Gasteiger partial charge in [0.15, 0.2) is 5.82 Å². The minimum atomic E-state index is -0.464. The summed E-state index contributed by atoms with van der Waals surface area (Å²) in [4.78, 5) is 18.2. The van der Waals surface area contributed by atoms with Gasteiger partial charge in [-0.15, -0.1) is 0 Å². The Morgan fingerprint density at radius 3 is 2.70 bits per heavy atom. The molecule has 110 valence electrons. The number of aliphatic hydroxyl groups is 1. The monoisotopic (exact) mass is 278 g/mol. The van der Waals surface area contributed by atoms with E-state index in [4.69, 9.17) is 5.73 Å². The number of carbonyl (C=O) groups excluding carboxylic acids is 1. The lowest BCUT2D eigenvalue weighted by molar-refractivity contribution is 0.0668. The van der Waals surface area contributed by atoms with Gasteiger partial charge in [-0.05, 0) is 25.7 Å². The molecule has 1 saturated carbocycles. The molecule has 3 N–H and O–H groups in total. The number of nitrogens with zero attached hydrogens (tertiary/aromatic N) is 3. The van der Waals surface area contributed by atoms with E-state index in [2.05, 4.69) is 9.88 Å². The van der Waals surface area contributed by atoms with E-state index in [1.54, 1.807) is 0 Å². The largest absolute Gasteiger partial charge is 0.393 e. The molecule has 0 spiro atoms. The standard InChI is InChI=1S/C14H22N4O2/c1-17-12-6-7-18(9-2-4-10(19)5-3-9)8-11(12)16-14(17)13(15)20/h9-10,19H,2-8H2,1H3,(H2,15,20). The fourth-order valence-electron chi connectivity index (χ4n) is 3.50. The number of fused-ring (bicyclic) bond motifs is 1. The molecule has 1 fully saturated rings. The van der Waals surface area contributed by atoms with E-state index in [1.807, 2.05) is 11.6 Å². The molecule has 2 aliphatic rings. The van der Waals surface area contributed by atoms with E-state index in [0.717, 1.165) is 56.6 Å². The zero-order chi connectivity index (χ0) is 14.3. The van der Waals surface area contributed by atoms with E-state index in [1.165, 1.54) is 0 Å². The third-order valence-corrected chi connectivity index (χ3v) is 4.69. The van der Waals surface area contributed by atoms with Crippen molar-refractivity contribution in [2.45, 2.75) is 50.8 Å². The Morgan fingerprint density at radius 1 is 1.35 bits per heavy atom. The summed E-state index contributed by atoms with van der Waals surface area (Å²) in [7, 11) is 1.86. The molecule has 0 saturated heterocycles. The van der Waals surface area contributed by atoms with Crippen molar-refractivity contribution in [3.63, 3.8) is 0 Å². The quantitative estimate of drug-likeness (QED) is 0.808. The Bertz CT molecular complexity index is 517. The van der Waals surface area contributed by atoms with Gasteiger partial charge in [0, 0.05) is 38.3 Å². The van der Waals surface area contributed by atoms with Crippen LogP contribution in [-0.4, -0.2) is 44.2 Å². The first-order chi connectivity index (χ1) is 9.56. The predicted molar refractivity (Wildman–Crippen MR) is 74.1 cm³/mol. The highest BCUT2D eigenvalue weighted by Gasteiger charge is 2.30. The van der Waals surface area contributed by atoms with Crippen LogP contribution in [-0.2, 0) is 20.0 Å². The molecule has 0 atom stereocenters. The van der Waals surface area contributed by atoms with Gasteiger partial charge in [-0.1, -0.05) is 0 Å². The van der Waals surface area contributed by atoms with E-state index < -0.39 is 5.91 Å². The SMILES string of the molecule is Cn1c(C(N)=O)nc2c1CCN(C1CCC(O)CC1)C2. The molecule has 0 aromatic carbocycles. The minimum absolute atomic E-state index is 0.122. The van der Waals surface area contributed by atoms with Crippen molar-refractivity contribution >= 4 is 5.91 Å². The lowest BCUT2D eigenvalue weighted by Gasteiger charge is -2.37. The first kappa shape index (κ1) is 13.6. The lowest BCUT2D eigenvalue weighted by atomic mass is 9.91. The van der Waals surface area contributed by atoms with Gasteiger partial charge in [-0.3, -0.25) is 9.69 Å². The highest BCUT2D eigenvalue weighted by atomic mass is 16.3. The fourth-order valence-corrected chi connectivity index (χ4v) is 3.50. The number of hydrogen-bond acceptors (Lipinski definition) is 4. The van der Waals surface area contributed by atoms with Crippen molar-refractivity contribution in [1.29, 1.82) is 0 Å². The van der Waals surface area contributed by atoms with Crippen LogP contribution in [0.2, 0.25) is 0 Å². The van der Waals surface area contributed by atoms with E-state index >= 15 is 0 Å². The zero-order valence-corrected chi connectivity index (χ0v) is 11.9. The topological polar surface area (TPSA) is 84.4 Å². The molecule has 6 nitrogen and oxygen atoms in total. The van der Waals surface area contributed by atoms with Crippen LogP contribution in [0.4, 0.5) is 0 Å². The van der Waals surface area contributed by atoms with Gasteiger partial charge in [0.1, 0.15) is 0 Å². The molecule has 1 aromatic rings. The van der Waals surface area contributed by atoms with Crippen molar-refractivity contribution in [3.05, 3.63) is 17.2 Å². The van der Waals surface area contributed by atoms with Gasteiger partial charge < -0.3 is 15.4 Å². The minimum Gasteiger partial charge on any atom is -0.393 e. The van der Waals surface area contributed by atoms with Crippen molar-refractivity contribution in [2.24, 2.45) is 12.8 Å². The molecule has 2 heterocycles. The van der Waals surface area contributed by atoms with Crippen LogP contribution in [0.15, 0.2) is 0 Å². The van der Waals surface area contributed by atoms with Gasteiger partial charge in [-0.25, -0.2) is 4.98 Å². The molecule has 0 unspecified atom stereocenters. The normalized spacial score (nSPS) is 27.3. The van der Waals surface area contributed by atoms with Crippen LogP contribution < -0.4 is 5.73 Å². The van der Waals surface area contributed by atoms with Crippen molar-refractivity contribution in [3.8, 4) is 0 Å². The van der Waals surface area contributed by atoms with Gasteiger partial charge in [0.25, 0.3) is 5.91 Å². The average Bonchev–Trinajstić information content (AvgIpc) is 2.77. The zero-order valence-electron chi connectivity index (χ0n) is 11.9.